The molecule has 3 N–H and O–H groups in total. The normalized spacial score (nSPS) is 17.0. The number of piperidine rings is 1. The highest BCUT2D eigenvalue weighted by atomic mass is 16.3. The molecule has 1 aliphatic heterocycles. The molecule has 1 aromatic rings. The minimum atomic E-state index is 0.0842. The van der Waals surface area contributed by atoms with Crippen molar-refractivity contribution >= 4 is 11.9 Å². The quantitative estimate of drug-likeness (QED) is 0.358. The monoisotopic (exact) mass is 419 g/mol. The number of hydrogen-bond donors (Lipinski definition) is 3. The molecule has 1 amide bonds. The van der Waals surface area contributed by atoms with Crippen LogP contribution < -0.4 is 16.0 Å². The summed E-state index contributed by atoms with van der Waals surface area (Å²) >= 11 is 0. The van der Waals surface area contributed by atoms with Gasteiger partial charge in [0.15, 0.2) is 5.96 Å². The summed E-state index contributed by atoms with van der Waals surface area (Å²) in [4.78, 5) is 18.7. The van der Waals surface area contributed by atoms with Crippen LogP contribution >= 0.6 is 0 Å². The number of carbonyl (C=O) groups is 1. The highest BCUT2D eigenvalue weighted by molar-refractivity contribution is 5.80. The average Bonchev–Trinajstić information content (AvgIpc) is 3.28. The summed E-state index contributed by atoms with van der Waals surface area (Å²) in [5, 5.41) is 9.84. The number of carbonyl (C=O) groups excluding carboxylic acids is 1. The van der Waals surface area contributed by atoms with Crippen molar-refractivity contribution in [1.82, 2.24) is 20.9 Å². The molecule has 30 heavy (non-hydrogen) atoms. The van der Waals surface area contributed by atoms with Crippen molar-refractivity contribution in [2.45, 2.75) is 64.8 Å². The lowest BCUT2D eigenvalue weighted by atomic mass is 10.00. The minimum Gasteiger partial charge on any atom is -0.469 e. The summed E-state index contributed by atoms with van der Waals surface area (Å²) in [5.41, 5.74) is 0. The van der Waals surface area contributed by atoms with Crippen molar-refractivity contribution in [3.05, 3.63) is 24.2 Å². The summed E-state index contributed by atoms with van der Waals surface area (Å²) in [6, 6.07) is 4.32. The molecular formula is C23H41N5O2. The van der Waals surface area contributed by atoms with Gasteiger partial charge in [-0.25, -0.2) is 0 Å². The van der Waals surface area contributed by atoms with Crippen molar-refractivity contribution in [1.29, 1.82) is 0 Å². The Kier molecular flexibility index (Phi) is 11.4. The summed E-state index contributed by atoms with van der Waals surface area (Å²) in [7, 11) is 1.69. The fraction of sp³-hybridized carbons (Fsp3) is 0.739. The summed E-state index contributed by atoms with van der Waals surface area (Å²) in [6.07, 6.45) is 9.51. The molecule has 0 bridgehead atoms. The molecule has 1 aromatic heterocycles. The number of aliphatic imine (C=N–C) groups is 1. The fourth-order valence-corrected chi connectivity index (χ4v) is 3.76. The van der Waals surface area contributed by atoms with Gasteiger partial charge in [0.2, 0.25) is 5.91 Å². The van der Waals surface area contributed by atoms with Crippen LogP contribution in [-0.4, -0.2) is 62.6 Å². The molecule has 7 heteroatoms. The van der Waals surface area contributed by atoms with E-state index in [0.29, 0.717) is 18.5 Å². The molecule has 0 saturated carbocycles. The fourth-order valence-electron chi connectivity index (χ4n) is 3.76. The molecule has 0 aromatic carbocycles. The molecule has 0 radical (unpaired) electrons. The molecule has 1 saturated heterocycles. The third-order valence-electron chi connectivity index (χ3n) is 5.87. The Hall–Kier alpha value is -2.02. The van der Waals surface area contributed by atoms with Crippen molar-refractivity contribution in [2.24, 2.45) is 10.9 Å². The van der Waals surface area contributed by atoms with E-state index in [2.05, 4.69) is 34.7 Å². The van der Waals surface area contributed by atoms with E-state index < -0.39 is 0 Å². The highest BCUT2D eigenvalue weighted by Crippen LogP contribution is 2.13. The Bertz CT molecular complexity index is 609. The molecule has 1 fully saturated rings. The van der Waals surface area contributed by atoms with E-state index >= 15 is 0 Å². The zero-order chi connectivity index (χ0) is 21.6. The number of likely N-dealkylation sites (tertiary alicyclic amines) is 1. The van der Waals surface area contributed by atoms with Crippen molar-refractivity contribution in [3.8, 4) is 0 Å². The van der Waals surface area contributed by atoms with Gasteiger partial charge < -0.3 is 20.4 Å². The number of guanidine groups is 1. The number of nitrogens with zero attached hydrogens (tertiary/aromatic N) is 2. The Morgan fingerprint density at radius 2 is 2.13 bits per heavy atom. The first kappa shape index (κ1) is 24.3. The van der Waals surface area contributed by atoms with Crippen LogP contribution in [0, 0.1) is 5.92 Å². The van der Waals surface area contributed by atoms with Gasteiger partial charge in [0.25, 0.3) is 0 Å². The maximum atomic E-state index is 11.6. The van der Waals surface area contributed by atoms with Crippen LogP contribution in [0.3, 0.4) is 0 Å². The number of likely N-dealkylation sites (N-methyl/N-ethyl adjacent to an activating group) is 1. The lowest BCUT2D eigenvalue weighted by molar-refractivity contribution is -0.122. The first-order valence-electron chi connectivity index (χ1n) is 11.6. The topological polar surface area (TPSA) is 81.9 Å². The number of amides is 1. The second kappa shape index (κ2) is 14.1. The maximum absolute atomic E-state index is 11.6. The van der Waals surface area contributed by atoms with Crippen LogP contribution in [0.4, 0.5) is 0 Å². The molecular weight excluding hydrogens is 378 g/mol. The van der Waals surface area contributed by atoms with E-state index in [1.807, 2.05) is 12.1 Å². The van der Waals surface area contributed by atoms with Gasteiger partial charge in [-0.15, -0.1) is 0 Å². The molecule has 2 heterocycles. The van der Waals surface area contributed by atoms with Crippen molar-refractivity contribution < 1.29 is 9.21 Å². The van der Waals surface area contributed by atoms with Crippen LogP contribution in [0.15, 0.2) is 27.8 Å². The summed E-state index contributed by atoms with van der Waals surface area (Å²) in [6.45, 7) is 8.51. The van der Waals surface area contributed by atoms with Gasteiger partial charge in [-0.3, -0.25) is 14.7 Å². The third kappa shape index (κ3) is 9.20. The van der Waals surface area contributed by atoms with Crippen molar-refractivity contribution in [3.63, 3.8) is 0 Å². The van der Waals surface area contributed by atoms with Crippen LogP contribution in [0.2, 0.25) is 0 Å². The largest absolute Gasteiger partial charge is 0.469 e. The van der Waals surface area contributed by atoms with Crippen LogP contribution in [0.25, 0.3) is 0 Å². The number of unbranched alkanes of at least 4 members (excludes halogenated alkanes) is 1. The second-order valence-electron chi connectivity index (χ2n) is 8.23. The van der Waals surface area contributed by atoms with E-state index in [4.69, 9.17) is 9.41 Å². The number of furan rings is 1. The van der Waals surface area contributed by atoms with Gasteiger partial charge in [0, 0.05) is 45.7 Å². The standard InChI is InChI=1S/C23H41N5O2/c1-4-6-8-19(5-2)17-26-23(25-13-10-21-9-7-16-30-21)27-20-11-14-28(15-12-20)18-22(29)24-3/h7,9,16,19-20H,4-6,8,10-15,17-18H2,1-3H3,(H,24,29)(H2,25,26,27). The molecule has 2 rings (SSSR count). The van der Waals surface area contributed by atoms with Crippen LogP contribution in [0.5, 0.6) is 0 Å². The lowest BCUT2D eigenvalue weighted by Gasteiger charge is -2.32. The van der Waals surface area contributed by atoms with Gasteiger partial charge in [0.05, 0.1) is 12.8 Å². The van der Waals surface area contributed by atoms with Gasteiger partial charge >= 0.3 is 0 Å². The van der Waals surface area contributed by atoms with E-state index in [-0.39, 0.29) is 5.91 Å². The minimum absolute atomic E-state index is 0.0842. The second-order valence-corrected chi connectivity index (χ2v) is 8.23. The Balaban J connectivity index is 1.86. The number of rotatable bonds is 12. The molecule has 1 atom stereocenters. The van der Waals surface area contributed by atoms with E-state index in [1.165, 1.54) is 25.7 Å². The molecule has 0 aliphatic carbocycles. The zero-order valence-corrected chi connectivity index (χ0v) is 19.1. The SMILES string of the molecule is CCCCC(CC)CN=C(NCCc1ccco1)NC1CCN(CC(=O)NC)CC1. The molecule has 1 unspecified atom stereocenters. The Labute approximate surface area is 182 Å². The first-order chi connectivity index (χ1) is 14.6. The Morgan fingerprint density at radius 1 is 1.33 bits per heavy atom. The number of nitrogens with one attached hydrogen (secondary N) is 3. The lowest BCUT2D eigenvalue weighted by Crippen LogP contribution is -2.50. The molecule has 170 valence electrons. The van der Waals surface area contributed by atoms with E-state index in [1.54, 1.807) is 13.3 Å². The van der Waals surface area contributed by atoms with Gasteiger partial charge in [-0.05, 0) is 37.3 Å². The van der Waals surface area contributed by atoms with E-state index in [0.717, 1.165) is 57.2 Å². The average molecular weight is 420 g/mol. The van der Waals surface area contributed by atoms with Gasteiger partial charge in [-0.1, -0.05) is 33.1 Å². The molecule has 0 spiro atoms. The third-order valence-corrected chi connectivity index (χ3v) is 5.87. The molecule has 7 nitrogen and oxygen atoms in total. The molecule has 1 aliphatic rings. The van der Waals surface area contributed by atoms with Crippen molar-refractivity contribution in [2.75, 3.05) is 39.8 Å². The van der Waals surface area contributed by atoms with Crippen LogP contribution in [0.1, 0.15) is 58.1 Å². The van der Waals surface area contributed by atoms with Gasteiger partial charge in [-0.2, -0.15) is 0 Å². The first-order valence-corrected chi connectivity index (χ1v) is 11.6. The van der Waals surface area contributed by atoms with E-state index in [9.17, 15) is 4.79 Å². The highest BCUT2D eigenvalue weighted by Gasteiger charge is 2.21. The maximum Gasteiger partial charge on any atom is 0.233 e. The zero-order valence-electron chi connectivity index (χ0n) is 19.1. The predicted octanol–water partition coefficient (Wildman–Crippen LogP) is 2.78. The summed E-state index contributed by atoms with van der Waals surface area (Å²) < 4.78 is 5.44. The summed E-state index contributed by atoms with van der Waals surface area (Å²) in [5.74, 6) is 2.61. The predicted molar refractivity (Wildman–Crippen MR) is 123 cm³/mol. The van der Waals surface area contributed by atoms with Crippen LogP contribution in [-0.2, 0) is 11.2 Å². The van der Waals surface area contributed by atoms with Gasteiger partial charge in [0.1, 0.15) is 5.76 Å². The number of hydrogen-bond acceptors (Lipinski definition) is 4. The Morgan fingerprint density at radius 3 is 2.77 bits per heavy atom. The smallest absolute Gasteiger partial charge is 0.233 e.